The van der Waals surface area contributed by atoms with Crippen LogP contribution in [0.1, 0.15) is 11.6 Å². The van der Waals surface area contributed by atoms with E-state index >= 15 is 0 Å². The van der Waals surface area contributed by atoms with Crippen LogP contribution in [0.2, 0.25) is 5.02 Å². The number of halogens is 1. The molecule has 0 saturated heterocycles. The van der Waals surface area contributed by atoms with Crippen LogP contribution in [0, 0.1) is 0 Å². The summed E-state index contributed by atoms with van der Waals surface area (Å²) in [7, 11) is 4.11. The molecule has 0 heterocycles. The average Bonchev–Trinajstić information content (AvgIpc) is 2.63. The second-order valence-corrected chi connectivity index (χ2v) is 7.91. The summed E-state index contributed by atoms with van der Waals surface area (Å²) in [6, 6.07) is 16.8. The molecule has 0 saturated carbocycles. The van der Waals surface area contributed by atoms with E-state index in [0.29, 0.717) is 10.7 Å². The van der Waals surface area contributed by atoms with E-state index < -0.39 is 0 Å². The smallest absolute Gasteiger partial charge is 0.234 e. The SMILES string of the molecule is C[NH+](C)C[C@@H](NC(=O)CSCC(=O)Nc1ccc(Cl)cc1)c1ccccc1. The van der Waals surface area contributed by atoms with Crippen molar-refractivity contribution in [2.45, 2.75) is 6.04 Å². The molecule has 1 atom stereocenters. The van der Waals surface area contributed by atoms with Crippen LogP contribution in [-0.2, 0) is 9.59 Å². The zero-order valence-electron chi connectivity index (χ0n) is 15.5. The van der Waals surface area contributed by atoms with Gasteiger partial charge in [-0.25, -0.2) is 0 Å². The van der Waals surface area contributed by atoms with Crippen molar-refractivity contribution in [1.29, 1.82) is 0 Å². The molecule has 0 fully saturated rings. The zero-order valence-corrected chi connectivity index (χ0v) is 17.1. The lowest BCUT2D eigenvalue weighted by molar-refractivity contribution is -0.860. The molecule has 2 rings (SSSR count). The average molecular weight is 407 g/mol. The minimum atomic E-state index is -0.146. The third-order valence-corrected chi connectivity index (χ3v) is 4.93. The Labute approximate surface area is 169 Å². The summed E-state index contributed by atoms with van der Waals surface area (Å²) in [4.78, 5) is 25.5. The number of hydrogen-bond donors (Lipinski definition) is 3. The highest BCUT2D eigenvalue weighted by atomic mass is 35.5. The Morgan fingerprint density at radius 2 is 1.63 bits per heavy atom. The minimum Gasteiger partial charge on any atom is -0.343 e. The van der Waals surface area contributed by atoms with Gasteiger partial charge in [0.15, 0.2) is 0 Å². The lowest BCUT2D eigenvalue weighted by atomic mass is 10.1. The number of benzene rings is 2. The summed E-state index contributed by atoms with van der Waals surface area (Å²) in [6.07, 6.45) is 0. The molecule has 0 aliphatic rings. The van der Waals surface area contributed by atoms with Crippen LogP contribution in [0.3, 0.4) is 0 Å². The van der Waals surface area contributed by atoms with Crippen molar-refractivity contribution in [2.24, 2.45) is 0 Å². The predicted molar refractivity (Wildman–Crippen MR) is 112 cm³/mol. The van der Waals surface area contributed by atoms with E-state index in [4.69, 9.17) is 11.6 Å². The highest BCUT2D eigenvalue weighted by Gasteiger charge is 2.17. The Balaban J connectivity index is 1.78. The van der Waals surface area contributed by atoms with Gasteiger partial charge in [-0.2, -0.15) is 0 Å². The molecule has 0 aliphatic carbocycles. The van der Waals surface area contributed by atoms with Crippen molar-refractivity contribution in [3.05, 3.63) is 65.2 Å². The number of nitrogens with one attached hydrogen (secondary N) is 3. The van der Waals surface area contributed by atoms with Crippen LogP contribution in [0.5, 0.6) is 0 Å². The molecule has 0 aliphatic heterocycles. The van der Waals surface area contributed by atoms with E-state index in [-0.39, 0.29) is 29.4 Å². The van der Waals surface area contributed by atoms with Crippen molar-refractivity contribution < 1.29 is 14.5 Å². The Hall–Kier alpha value is -2.02. The van der Waals surface area contributed by atoms with Gasteiger partial charge in [0.2, 0.25) is 11.8 Å². The molecule has 27 heavy (non-hydrogen) atoms. The van der Waals surface area contributed by atoms with Crippen LogP contribution in [0.15, 0.2) is 54.6 Å². The molecule has 0 unspecified atom stereocenters. The Kier molecular flexibility index (Phi) is 8.64. The fraction of sp³-hybridized carbons (Fsp3) is 0.300. The van der Waals surface area contributed by atoms with Gasteiger partial charge in [0, 0.05) is 10.7 Å². The molecule has 2 amide bonds. The van der Waals surface area contributed by atoms with Gasteiger partial charge in [-0.1, -0.05) is 41.9 Å². The van der Waals surface area contributed by atoms with Gasteiger partial charge >= 0.3 is 0 Å². The second-order valence-electron chi connectivity index (χ2n) is 6.49. The van der Waals surface area contributed by atoms with Gasteiger partial charge in [0.05, 0.1) is 25.6 Å². The maximum absolute atomic E-state index is 12.3. The van der Waals surface area contributed by atoms with Crippen LogP contribution >= 0.6 is 23.4 Å². The van der Waals surface area contributed by atoms with Crippen molar-refractivity contribution in [3.8, 4) is 0 Å². The third kappa shape index (κ3) is 8.03. The quantitative estimate of drug-likeness (QED) is 0.597. The summed E-state index contributed by atoms with van der Waals surface area (Å²) in [6.45, 7) is 0.789. The lowest BCUT2D eigenvalue weighted by Gasteiger charge is -2.20. The number of amides is 2. The normalized spacial score (nSPS) is 11.9. The second kappa shape index (κ2) is 11.0. The van der Waals surface area contributed by atoms with Gasteiger partial charge in [-0.15, -0.1) is 11.8 Å². The first-order valence-electron chi connectivity index (χ1n) is 8.70. The van der Waals surface area contributed by atoms with Crippen molar-refractivity contribution in [2.75, 3.05) is 37.5 Å². The maximum Gasteiger partial charge on any atom is 0.234 e. The molecule has 2 aromatic rings. The Morgan fingerprint density at radius 1 is 1.00 bits per heavy atom. The first-order chi connectivity index (χ1) is 12.9. The number of quaternary nitrogens is 1. The lowest BCUT2D eigenvalue weighted by Crippen LogP contribution is -3.06. The fourth-order valence-corrected chi connectivity index (χ4v) is 3.30. The molecule has 0 aromatic heterocycles. The monoisotopic (exact) mass is 406 g/mol. The van der Waals surface area contributed by atoms with Gasteiger partial charge in [0.1, 0.15) is 12.6 Å². The summed E-state index contributed by atoms with van der Waals surface area (Å²) in [5.41, 5.74) is 1.77. The molecule has 5 nitrogen and oxygen atoms in total. The van der Waals surface area contributed by atoms with Crippen LogP contribution in [0.25, 0.3) is 0 Å². The number of likely N-dealkylation sites (N-methyl/N-ethyl adjacent to an activating group) is 1. The van der Waals surface area contributed by atoms with Gasteiger partial charge in [-0.05, 0) is 29.8 Å². The summed E-state index contributed by atoms with van der Waals surface area (Å²) >= 11 is 7.11. The molecule has 3 N–H and O–H groups in total. The summed E-state index contributed by atoms with van der Waals surface area (Å²) < 4.78 is 0. The number of anilines is 1. The molecule has 0 spiro atoms. The van der Waals surface area contributed by atoms with Crippen LogP contribution < -0.4 is 15.5 Å². The Bertz CT molecular complexity index is 739. The van der Waals surface area contributed by atoms with Gasteiger partial charge < -0.3 is 15.5 Å². The molecular formula is C20H25ClN3O2S+. The van der Waals surface area contributed by atoms with Crippen LogP contribution in [-0.4, -0.2) is 44.0 Å². The summed E-state index contributed by atoms with van der Waals surface area (Å²) in [5.74, 6) is 0.229. The Morgan fingerprint density at radius 3 is 2.26 bits per heavy atom. The van der Waals surface area contributed by atoms with Gasteiger partial charge in [-0.3, -0.25) is 9.59 Å². The first-order valence-corrected chi connectivity index (χ1v) is 10.2. The van der Waals surface area contributed by atoms with E-state index in [1.54, 1.807) is 24.3 Å². The van der Waals surface area contributed by atoms with Crippen molar-refractivity contribution >= 4 is 40.9 Å². The molecular weight excluding hydrogens is 382 g/mol. The standard InChI is InChI=1S/C20H24ClN3O2S/c1-24(2)12-18(15-6-4-3-5-7-15)23-20(26)14-27-13-19(25)22-17-10-8-16(21)9-11-17/h3-11,18H,12-14H2,1-2H3,(H,22,25)(H,23,26)/p+1/t18-/m1/s1. The number of rotatable bonds is 9. The molecule has 144 valence electrons. The van der Waals surface area contributed by atoms with E-state index in [2.05, 4.69) is 24.7 Å². The number of thioether (sulfide) groups is 1. The maximum atomic E-state index is 12.3. The number of carbonyl (C=O) groups is 2. The molecule has 0 radical (unpaired) electrons. The van der Waals surface area contributed by atoms with E-state index in [1.807, 2.05) is 30.3 Å². The van der Waals surface area contributed by atoms with Gasteiger partial charge in [0.25, 0.3) is 0 Å². The zero-order chi connectivity index (χ0) is 19.6. The summed E-state index contributed by atoms with van der Waals surface area (Å²) in [5, 5.41) is 6.47. The number of carbonyl (C=O) groups excluding carboxylic acids is 2. The minimum absolute atomic E-state index is 0.0489. The predicted octanol–water partition coefficient (Wildman–Crippen LogP) is 2.01. The molecule has 0 bridgehead atoms. The highest BCUT2D eigenvalue weighted by Crippen LogP contribution is 2.14. The number of hydrogen-bond acceptors (Lipinski definition) is 3. The van der Waals surface area contributed by atoms with Crippen molar-refractivity contribution in [3.63, 3.8) is 0 Å². The van der Waals surface area contributed by atoms with Crippen LogP contribution in [0.4, 0.5) is 5.69 Å². The third-order valence-electron chi connectivity index (χ3n) is 3.74. The van der Waals surface area contributed by atoms with E-state index in [9.17, 15) is 9.59 Å². The van der Waals surface area contributed by atoms with E-state index in [0.717, 1.165) is 12.1 Å². The van der Waals surface area contributed by atoms with E-state index in [1.165, 1.54) is 16.7 Å². The molecule has 7 heteroatoms. The first kappa shape index (κ1) is 21.3. The highest BCUT2D eigenvalue weighted by molar-refractivity contribution is 8.00. The topological polar surface area (TPSA) is 62.6 Å². The molecule has 2 aromatic carbocycles. The fourth-order valence-electron chi connectivity index (χ4n) is 2.55. The van der Waals surface area contributed by atoms with Crippen molar-refractivity contribution in [1.82, 2.24) is 5.32 Å². The largest absolute Gasteiger partial charge is 0.343 e.